The van der Waals surface area contributed by atoms with Crippen LogP contribution in [0.2, 0.25) is 5.02 Å². The van der Waals surface area contributed by atoms with Gasteiger partial charge in [0, 0.05) is 35.1 Å². The molecule has 96 valence electrons. The lowest BCUT2D eigenvalue weighted by Crippen LogP contribution is -2.11. The molecular formula is C15H14ClN3. The van der Waals surface area contributed by atoms with Crippen molar-refractivity contribution in [2.75, 3.05) is 6.54 Å². The van der Waals surface area contributed by atoms with Gasteiger partial charge in [-0.25, -0.2) is 0 Å². The van der Waals surface area contributed by atoms with Gasteiger partial charge in [0.1, 0.15) is 6.07 Å². The first-order chi connectivity index (χ1) is 9.24. The molecule has 0 aliphatic heterocycles. The second kappa shape index (κ2) is 6.33. The number of pyridine rings is 1. The summed E-state index contributed by atoms with van der Waals surface area (Å²) in [6.07, 6.45) is 3.25. The summed E-state index contributed by atoms with van der Waals surface area (Å²) in [6.45, 7) is 3.79. The molecule has 1 N–H and O–H groups in total. The lowest BCUT2D eigenvalue weighted by Gasteiger charge is -2.08. The summed E-state index contributed by atoms with van der Waals surface area (Å²) in [7, 11) is 0. The largest absolute Gasteiger partial charge is 0.313 e. The molecule has 1 aromatic carbocycles. The van der Waals surface area contributed by atoms with E-state index in [0.29, 0.717) is 10.6 Å². The van der Waals surface area contributed by atoms with Crippen molar-refractivity contribution in [1.29, 1.82) is 5.26 Å². The van der Waals surface area contributed by atoms with E-state index < -0.39 is 0 Å². The lowest BCUT2D eigenvalue weighted by molar-refractivity contribution is 0.727. The Bertz CT molecular complexity index is 617. The Morgan fingerprint density at radius 1 is 1.32 bits per heavy atom. The number of benzene rings is 1. The van der Waals surface area contributed by atoms with Crippen LogP contribution >= 0.6 is 11.6 Å². The van der Waals surface area contributed by atoms with Crippen LogP contribution in [0, 0.1) is 11.3 Å². The normalized spacial score (nSPS) is 10.2. The molecule has 1 aromatic heterocycles. The molecule has 0 radical (unpaired) electrons. The Morgan fingerprint density at radius 3 is 2.84 bits per heavy atom. The minimum absolute atomic E-state index is 0.533. The van der Waals surface area contributed by atoms with Gasteiger partial charge in [-0.1, -0.05) is 30.7 Å². The van der Waals surface area contributed by atoms with Crippen molar-refractivity contribution in [2.45, 2.75) is 13.5 Å². The zero-order chi connectivity index (χ0) is 13.7. The van der Waals surface area contributed by atoms with Crippen molar-refractivity contribution >= 4 is 11.6 Å². The Labute approximate surface area is 117 Å². The van der Waals surface area contributed by atoms with Crippen LogP contribution in [-0.4, -0.2) is 11.5 Å². The quantitative estimate of drug-likeness (QED) is 0.927. The van der Waals surface area contributed by atoms with Gasteiger partial charge < -0.3 is 5.32 Å². The van der Waals surface area contributed by atoms with Crippen molar-refractivity contribution in [3.05, 3.63) is 52.8 Å². The third kappa shape index (κ3) is 3.31. The van der Waals surface area contributed by atoms with E-state index in [9.17, 15) is 0 Å². The number of hydrogen-bond acceptors (Lipinski definition) is 3. The van der Waals surface area contributed by atoms with E-state index in [-0.39, 0.29) is 0 Å². The fraction of sp³-hybridized carbons (Fsp3) is 0.200. The van der Waals surface area contributed by atoms with Crippen molar-refractivity contribution in [2.24, 2.45) is 0 Å². The molecule has 0 saturated carbocycles. The number of nitriles is 1. The fourth-order valence-corrected chi connectivity index (χ4v) is 2.13. The van der Waals surface area contributed by atoms with E-state index in [4.69, 9.17) is 16.9 Å². The van der Waals surface area contributed by atoms with Gasteiger partial charge in [-0.15, -0.1) is 0 Å². The summed E-state index contributed by atoms with van der Waals surface area (Å²) >= 11 is 6.30. The molecule has 0 amide bonds. The first-order valence-corrected chi connectivity index (χ1v) is 6.47. The maximum Gasteiger partial charge on any atom is 0.101 e. The molecule has 4 heteroatoms. The van der Waals surface area contributed by atoms with Gasteiger partial charge in [-0.3, -0.25) is 4.98 Å². The fourth-order valence-electron chi connectivity index (χ4n) is 1.82. The van der Waals surface area contributed by atoms with Gasteiger partial charge >= 0.3 is 0 Å². The maximum atomic E-state index is 8.89. The molecule has 0 aliphatic rings. The average Bonchev–Trinajstić information content (AvgIpc) is 2.45. The van der Waals surface area contributed by atoms with E-state index in [1.54, 1.807) is 12.3 Å². The minimum Gasteiger partial charge on any atom is -0.313 e. The molecule has 2 aromatic rings. The minimum atomic E-state index is 0.533. The van der Waals surface area contributed by atoms with E-state index in [2.05, 4.69) is 23.3 Å². The van der Waals surface area contributed by atoms with Gasteiger partial charge in [-0.2, -0.15) is 5.26 Å². The van der Waals surface area contributed by atoms with Crippen LogP contribution in [0.25, 0.3) is 11.1 Å². The molecule has 19 heavy (non-hydrogen) atoms. The third-order valence-electron chi connectivity index (χ3n) is 2.79. The number of nitrogens with zero attached hydrogens (tertiary/aromatic N) is 2. The lowest BCUT2D eigenvalue weighted by atomic mass is 10.0. The van der Waals surface area contributed by atoms with Crippen LogP contribution in [0.15, 0.2) is 36.7 Å². The monoisotopic (exact) mass is 271 g/mol. The smallest absolute Gasteiger partial charge is 0.101 e. The molecule has 0 saturated heterocycles. The molecule has 0 bridgehead atoms. The van der Waals surface area contributed by atoms with Crippen LogP contribution < -0.4 is 5.32 Å². The van der Waals surface area contributed by atoms with Crippen LogP contribution in [0.1, 0.15) is 18.1 Å². The Hall–Kier alpha value is -1.89. The SMILES string of the molecule is CCNCc1ccc(-c2cncc(C#N)c2)c(Cl)c1. The number of hydrogen-bond donors (Lipinski definition) is 1. The highest BCUT2D eigenvalue weighted by Crippen LogP contribution is 2.28. The molecule has 1 heterocycles. The summed E-state index contributed by atoms with van der Waals surface area (Å²) in [4.78, 5) is 4.05. The van der Waals surface area contributed by atoms with E-state index in [1.165, 1.54) is 6.20 Å². The van der Waals surface area contributed by atoms with Crippen LogP contribution in [0.4, 0.5) is 0 Å². The average molecular weight is 272 g/mol. The van der Waals surface area contributed by atoms with Gasteiger partial charge in [0.25, 0.3) is 0 Å². The number of rotatable bonds is 4. The van der Waals surface area contributed by atoms with Gasteiger partial charge in [0.05, 0.1) is 5.56 Å². The second-order valence-corrected chi connectivity index (χ2v) is 4.58. The van der Waals surface area contributed by atoms with E-state index in [0.717, 1.165) is 29.8 Å². The molecule has 0 aliphatic carbocycles. The van der Waals surface area contributed by atoms with Crippen molar-refractivity contribution in [1.82, 2.24) is 10.3 Å². The molecule has 0 spiro atoms. The van der Waals surface area contributed by atoms with Gasteiger partial charge in [0.15, 0.2) is 0 Å². The summed E-state index contributed by atoms with van der Waals surface area (Å²) in [5.74, 6) is 0. The summed E-state index contributed by atoms with van der Waals surface area (Å²) < 4.78 is 0. The predicted molar refractivity (Wildman–Crippen MR) is 76.8 cm³/mol. The van der Waals surface area contributed by atoms with Crippen molar-refractivity contribution in [3.63, 3.8) is 0 Å². The van der Waals surface area contributed by atoms with E-state index >= 15 is 0 Å². The van der Waals surface area contributed by atoms with Crippen LogP contribution in [0.5, 0.6) is 0 Å². The number of halogens is 1. The Balaban J connectivity index is 2.32. The summed E-state index contributed by atoms with van der Waals surface area (Å²) in [6, 6.07) is 9.81. The molecule has 2 rings (SSSR count). The van der Waals surface area contributed by atoms with Crippen molar-refractivity contribution in [3.8, 4) is 17.2 Å². The summed E-state index contributed by atoms with van der Waals surface area (Å²) in [5, 5.41) is 12.8. The zero-order valence-corrected chi connectivity index (χ0v) is 11.4. The second-order valence-electron chi connectivity index (χ2n) is 4.17. The highest BCUT2D eigenvalue weighted by molar-refractivity contribution is 6.33. The first kappa shape index (κ1) is 13.5. The molecule has 3 nitrogen and oxygen atoms in total. The standard InChI is InChI=1S/C15H14ClN3/c1-2-18-8-11-3-4-14(15(16)6-11)13-5-12(7-17)9-19-10-13/h3-6,9-10,18H,2,8H2,1H3. The highest BCUT2D eigenvalue weighted by Gasteiger charge is 2.06. The first-order valence-electron chi connectivity index (χ1n) is 6.09. The predicted octanol–water partition coefficient (Wildman–Crippen LogP) is 3.38. The van der Waals surface area contributed by atoms with Gasteiger partial charge in [0.2, 0.25) is 0 Å². The highest BCUT2D eigenvalue weighted by atomic mass is 35.5. The van der Waals surface area contributed by atoms with Gasteiger partial charge in [-0.05, 0) is 24.2 Å². The Kier molecular flexibility index (Phi) is 4.51. The molecule has 0 unspecified atom stereocenters. The third-order valence-corrected chi connectivity index (χ3v) is 3.10. The van der Waals surface area contributed by atoms with E-state index in [1.807, 2.05) is 18.2 Å². The number of aromatic nitrogens is 1. The summed E-state index contributed by atoms with van der Waals surface area (Å²) in [5.41, 5.74) is 3.43. The molecule has 0 atom stereocenters. The van der Waals surface area contributed by atoms with Crippen LogP contribution in [-0.2, 0) is 6.54 Å². The maximum absolute atomic E-state index is 8.89. The number of nitrogens with one attached hydrogen (secondary N) is 1. The van der Waals surface area contributed by atoms with Crippen LogP contribution in [0.3, 0.4) is 0 Å². The van der Waals surface area contributed by atoms with Crippen molar-refractivity contribution < 1.29 is 0 Å². The zero-order valence-electron chi connectivity index (χ0n) is 10.7. The molecular weight excluding hydrogens is 258 g/mol. The topological polar surface area (TPSA) is 48.7 Å². The Morgan fingerprint density at radius 2 is 2.16 bits per heavy atom. The molecule has 0 fully saturated rings.